The highest BCUT2D eigenvalue weighted by atomic mass is 32.1. The third-order valence-electron chi connectivity index (χ3n) is 1.78. The molecule has 0 radical (unpaired) electrons. The molecule has 1 aromatic heterocycles. The molecule has 2 N–H and O–H groups in total. The quantitative estimate of drug-likeness (QED) is 0.815. The van der Waals surface area contributed by atoms with Crippen LogP contribution in [0.5, 0.6) is 5.75 Å². The molecule has 2 aromatic rings. The summed E-state index contributed by atoms with van der Waals surface area (Å²) in [6.07, 6.45) is 0. The van der Waals surface area contributed by atoms with Crippen molar-refractivity contribution in [3.63, 3.8) is 0 Å². The number of hydrogen-bond acceptors (Lipinski definition) is 5. The predicted octanol–water partition coefficient (Wildman–Crippen LogP) is 1.80. The molecule has 0 spiro atoms. The van der Waals surface area contributed by atoms with Gasteiger partial charge in [0.2, 0.25) is 5.95 Å². The van der Waals surface area contributed by atoms with Crippen molar-refractivity contribution < 1.29 is 4.74 Å². The lowest BCUT2D eigenvalue weighted by atomic mass is 10.2. The Morgan fingerprint density at radius 1 is 1.36 bits per heavy atom. The lowest BCUT2D eigenvalue weighted by Gasteiger charge is -2.03. The summed E-state index contributed by atoms with van der Waals surface area (Å²) in [5.41, 5.74) is 6.38. The minimum absolute atomic E-state index is 0.302. The Labute approximate surface area is 85.5 Å². The van der Waals surface area contributed by atoms with E-state index < -0.39 is 0 Å². The molecule has 0 saturated carbocycles. The van der Waals surface area contributed by atoms with Gasteiger partial charge in [0, 0.05) is 0 Å². The van der Waals surface area contributed by atoms with Crippen LogP contribution in [0.25, 0.3) is 10.6 Å². The van der Waals surface area contributed by atoms with E-state index in [1.165, 1.54) is 11.5 Å². The molecular formula is C9H9N3OS. The Morgan fingerprint density at radius 2 is 2.14 bits per heavy atom. The van der Waals surface area contributed by atoms with Gasteiger partial charge in [0.25, 0.3) is 0 Å². The van der Waals surface area contributed by atoms with Crippen molar-refractivity contribution in [2.24, 2.45) is 0 Å². The molecule has 1 heterocycles. The molecular weight excluding hydrogens is 198 g/mol. The molecule has 4 nitrogen and oxygen atoms in total. The standard InChI is InChI=1S/C9H9N3OS/c1-13-7-5-3-2-4-6(7)8-11-9(10)12-14-8/h2-5H,1H3,(H2,10,12). The van der Waals surface area contributed by atoms with Crippen LogP contribution in [0.1, 0.15) is 0 Å². The lowest BCUT2D eigenvalue weighted by Crippen LogP contribution is -1.88. The summed E-state index contributed by atoms with van der Waals surface area (Å²) in [4.78, 5) is 4.09. The topological polar surface area (TPSA) is 61.0 Å². The van der Waals surface area contributed by atoms with Crippen molar-refractivity contribution in [1.82, 2.24) is 9.36 Å². The van der Waals surface area contributed by atoms with Gasteiger partial charge in [0.05, 0.1) is 12.7 Å². The van der Waals surface area contributed by atoms with Crippen molar-refractivity contribution in [2.45, 2.75) is 0 Å². The third-order valence-corrected chi connectivity index (χ3v) is 2.54. The van der Waals surface area contributed by atoms with Gasteiger partial charge < -0.3 is 10.5 Å². The van der Waals surface area contributed by atoms with E-state index >= 15 is 0 Å². The SMILES string of the molecule is COc1ccccc1-c1nc(N)ns1. The zero-order valence-electron chi connectivity index (χ0n) is 7.60. The van der Waals surface area contributed by atoms with E-state index in [0.29, 0.717) is 5.95 Å². The number of nitrogen functional groups attached to an aromatic ring is 1. The van der Waals surface area contributed by atoms with Crippen LogP contribution >= 0.6 is 11.5 Å². The fraction of sp³-hybridized carbons (Fsp3) is 0.111. The van der Waals surface area contributed by atoms with Crippen LogP contribution in [0.15, 0.2) is 24.3 Å². The molecule has 0 amide bonds. The summed E-state index contributed by atoms with van der Waals surface area (Å²) in [6, 6.07) is 7.65. The summed E-state index contributed by atoms with van der Waals surface area (Å²) in [7, 11) is 1.63. The van der Waals surface area contributed by atoms with Crippen LogP contribution < -0.4 is 10.5 Å². The number of ether oxygens (including phenoxy) is 1. The Balaban J connectivity index is 2.50. The molecule has 5 heteroatoms. The highest BCUT2D eigenvalue weighted by Crippen LogP contribution is 2.30. The maximum absolute atomic E-state index is 5.45. The molecule has 1 aromatic carbocycles. The number of benzene rings is 1. The first-order valence-electron chi connectivity index (χ1n) is 4.04. The molecule has 0 aliphatic carbocycles. The molecule has 0 fully saturated rings. The van der Waals surface area contributed by atoms with E-state index in [2.05, 4.69) is 9.36 Å². The zero-order chi connectivity index (χ0) is 9.97. The molecule has 2 rings (SSSR count). The van der Waals surface area contributed by atoms with Gasteiger partial charge in [0.15, 0.2) is 0 Å². The number of hydrogen-bond donors (Lipinski definition) is 1. The van der Waals surface area contributed by atoms with Gasteiger partial charge in [-0.25, -0.2) is 0 Å². The molecule has 0 unspecified atom stereocenters. The summed E-state index contributed by atoms with van der Waals surface area (Å²) in [5, 5.41) is 0.778. The van der Waals surface area contributed by atoms with Crippen LogP contribution in [0.2, 0.25) is 0 Å². The van der Waals surface area contributed by atoms with Crippen molar-refractivity contribution in [3.8, 4) is 16.3 Å². The van der Waals surface area contributed by atoms with Gasteiger partial charge in [-0.3, -0.25) is 0 Å². The van der Waals surface area contributed by atoms with Crippen LogP contribution in [0.3, 0.4) is 0 Å². The minimum atomic E-state index is 0.302. The molecule has 14 heavy (non-hydrogen) atoms. The number of rotatable bonds is 2. The molecule has 72 valence electrons. The van der Waals surface area contributed by atoms with E-state index in [1.54, 1.807) is 7.11 Å². The average molecular weight is 207 g/mol. The third kappa shape index (κ3) is 1.54. The number of methoxy groups -OCH3 is 1. The Kier molecular flexibility index (Phi) is 2.32. The van der Waals surface area contributed by atoms with Gasteiger partial charge >= 0.3 is 0 Å². The first kappa shape index (κ1) is 8.96. The second kappa shape index (κ2) is 3.63. The van der Waals surface area contributed by atoms with Gasteiger partial charge in [-0.1, -0.05) is 12.1 Å². The highest BCUT2D eigenvalue weighted by Gasteiger charge is 2.08. The second-order valence-corrected chi connectivity index (χ2v) is 3.41. The van der Waals surface area contributed by atoms with Crippen molar-refractivity contribution in [1.29, 1.82) is 0 Å². The fourth-order valence-corrected chi connectivity index (χ4v) is 1.79. The second-order valence-electron chi connectivity index (χ2n) is 2.66. The van der Waals surface area contributed by atoms with Crippen molar-refractivity contribution in [3.05, 3.63) is 24.3 Å². The number of para-hydroxylation sites is 1. The summed E-state index contributed by atoms with van der Waals surface area (Å²) in [6.45, 7) is 0. The number of anilines is 1. The fourth-order valence-electron chi connectivity index (χ4n) is 1.17. The number of aromatic nitrogens is 2. The van der Waals surface area contributed by atoms with Crippen molar-refractivity contribution >= 4 is 17.5 Å². The van der Waals surface area contributed by atoms with E-state index in [0.717, 1.165) is 16.3 Å². The summed E-state index contributed by atoms with van der Waals surface area (Å²) >= 11 is 1.27. The van der Waals surface area contributed by atoms with Gasteiger partial charge in [0.1, 0.15) is 10.8 Å². The first-order chi connectivity index (χ1) is 6.81. The van der Waals surface area contributed by atoms with Gasteiger partial charge in [-0.05, 0) is 23.7 Å². The van der Waals surface area contributed by atoms with E-state index in [9.17, 15) is 0 Å². The Hall–Kier alpha value is -1.62. The van der Waals surface area contributed by atoms with Gasteiger partial charge in [-0.15, -0.1) is 0 Å². The Morgan fingerprint density at radius 3 is 2.79 bits per heavy atom. The number of nitrogens with zero attached hydrogens (tertiary/aromatic N) is 2. The van der Waals surface area contributed by atoms with E-state index in [4.69, 9.17) is 10.5 Å². The molecule has 0 atom stereocenters. The first-order valence-corrected chi connectivity index (χ1v) is 4.81. The van der Waals surface area contributed by atoms with Crippen LogP contribution in [-0.2, 0) is 0 Å². The predicted molar refractivity (Wildman–Crippen MR) is 56.3 cm³/mol. The summed E-state index contributed by atoms with van der Waals surface area (Å²) < 4.78 is 9.13. The lowest BCUT2D eigenvalue weighted by molar-refractivity contribution is 0.416. The molecule has 0 saturated heterocycles. The Bertz CT molecular complexity index is 441. The maximum atomic E-state index is 5.45. The molecule has 0 aliphatic heterocycles. The minimum Gasteiger partial charge on any atom is -0.496 e. The summed E-state index contributed by atoms with van der Waals surface area (Å²) in [5.74, 6) is 1.08. The van der Waals surface area contributed by atoms with Crippen molar-refractivity contribution in [2.75, 3.05) is 12.8 Å². The maximum Gasteiger partial charge on any atom is 0.232 e. The van der Waals surface area contributed by atoms with Crippen LogP contribution in [-0.4, -0.2) is 16.5 Å². The van der Waals surface area contributed by atoms with E-state index in [-0.39, 0.29) is 0 Å². The normalized spacial score (nSPS) is 10.1. The monoisotopic (exact) mass is 207 g/mol. The largest absolute Gasteiger partial charge is 0.496 e. The van der Waals surface area contributed by atoms with Gasteiger partial charge in [-0.2, -0.15) is 9.36 Å². The van der Waals surface area contributed by atoms with E-state index in [1.807, 2.05) is 24.3 Å². The smallest absolute Gasteiger partial charge is 0.232 e. The average Bonchev–Trinajstić information content (AvgIpc) is 2.65. The zero-order valence-corrected chi connectivity index (χ0v) is 8.41. The van der Waals surface area contributed by atoms with Crippen LogP contribution in [0, 0.1) is 0 Å². The molecule has 0 aliphatic rings. The number of nitrogens with two attached hydrogens (primary N) is 1. The highest BCUT2D eigenvalue weighted by molar-refractivity contribution is 7.09. The van der Waals surface area contributed by atoms with Crippen LogP contribution in [0.4, 0.5) is 5.95 Å². The molecule has 0 bridgehead atoms.